The highest BCUT2D eigenvalue weighted by Gasteiger charge is 2.73. The molecule has 6 rings (SSSR count). The van der Waals surface area contributed by atoms with E-state index in [1.165, 1.54) is 0 Å². The second-order valence-electron chi connectivity index (χ2n) is 11.4. The smallest absolute Gasteiger partial charge is 0.411 e. The van der Waals surface area contributed by atoms with Gasteiger partial charge in [-0.25, -0.2) is 9.80 Å². The third kappa shape index (κ3) is 6.21. The Morgan fingerprint density at radius 2 is 0.745 bits per heavy atom. The van der Waals surface area contributed by atoms with Crippen LogP contribution in [0, 0.1) is 0 Å². The van der Waals surface area contributed by atoms with Gasteiger partial charge in [-0.2, -0.15) is 52.7 Å². The summed E-state index contributed by atoms with van der Waals surface area (Å²) in [5.41, 5.74) is -12.0. The van der Waals surface area contributed by atoms with Crippen LogP contribution in [0.1, 0.15) is 52.6 Å². The maximum atomic E-state index is 15.1. The fraction of sp³-hybridized carbons (Fsp3) is 0.0857. The van der Waals surface area contributed by atoms with Gasteiger partial charge in [0.05, 0.1) is 33.6 Å². The van der Waals surface area contributed by atoms with Crippen LogP contribution < -0.4 is 19.3 Å². The minimum Gasteiger partial charge on any atom is -0.428 e. The molecule has 0 saturated carbocycles. The molecule has 2 heterocycles. The molecular formula is C35H14F12N2O6. The van der Waals surface area contributed by atoms with Gasteiger partial charge >= 0.3 is 36.5 Å². The van der Waals surface area contributed by atoms with E-state index in [1.54, 1.807) is 0 Å². The first kappa shape index (κ1) is 38.1. The molecule has 0 atom stereocenters. The van der Waals surface area contributed by atoms with E-state index < -0.39 is 110 Å². The van der Waals surface area contributed by atoms with Gasteiger partial charge in [0.1, 0.15) is 11.5 Å². The molecule has 0 fully saturated rings. The highest BCUT2D eigenvalue weighted by atomic mass is 19.4. The van der Waals surface area contributed by atoms with Crippen LogP contribution in [0.2, 0.25) is 0 Å². The minimum absolute atomic E-state index is 0.196. The normalized spacial score (nSPS) is 14.3. The van der Waals surface area contributed by atoms with E-state index in [0.717, 1.165) is 48.5 Å². The first-order valence-electron chi connectivity index (χ1n) is 14.9. The molecule has 2 aliphatic heterocycles. The predicted octanol–water partition coefficient (Wildman–Crippen LogP) is 9.53. The van der Waals surface area contributed by atoms with Crippen molar-refractivity contribution in [2.45, 2.75) is 17.8 Å². The lowest BCUT2D eigenvalue weighted by Gasteiger charge is -2.38. The number of rotatable bonds is 8. The molecule has 0 aromatic heterocycles. The molecular weight excluding hydrogens is 772 g/mol. The van der Waals surface area contributed by atoms with Crippen molar-refractivity contribution in [2.75, 3.05) is 9.80 Å². The average Bonchev–Trinajstić information content (AvgIpc) is 3.51. The third-order valence-corrected chi connectivity index (χ3v) is 8.39. The van der Waals surface area contributed by atoms with Crippen molar-refractivity contribution in [3.63, 3.8) is 0 Å². The van der Waals surface area contributed by atoms with Gasteiger partial charge in [0.2, 0.25) is 5.41 Å². The summed E-state index contributed by atoms with van der Waals surface area (Å²) in [6.45, 7) is 0. The van der Waals surface area contributed by atoms with Crippen molar-refractivity contribution in [1.82, 2.24) is 0 Å². The monoisotopic (exact) mass is 786 g/mol. The minimum atomic E-state index is -6.28. The van der Waals surface area contributed by atoms with Crippen LogP contribution in [0.3, 0.4) is 0 Å². The van der Waals surface area contributed by atoms with E-state index in [2.05, 4.69) is 9.47 Å². The van der Waals surface area contributed by atoms with E-state index in [9.17, 15) is 45.5 Å². The summed E-state index contributed by atoms with van der Waals surface area (Å²) in [6.07, 6.45) is -18.2. The first-order valence-corrected chi connectivity index (χ1v) is 14.9. The zero-order valence-corrected chi connectivity index (χ0v) is 26.5. The number of benzene rings is 4. The zero-order valence-electron chi connectivity index (χ0n) is 26.5. The van der Waals surface area contributed by atoms with E-state index in [-0.39, 0.29) is 23.5 Å². The van der Waals surface area contributed by atoms with Crippen LogP contribution in [0.5, 0.6) is 11.5 Å². The second kappa shape index (κ2) is 13.4. The number of alkyl halides is 6. The molecule has 0 radical (unpaired) electrons. The molecule has 0 aliphatic carbocycles. The molecule has 284 valence electrons. The van der Waals surface area contributed by atoms with Crippen LogP contribution in [0.25, 0.3) is 0 Å². The summed E-state index contributed by atoms with van der Waals surface area (Å²) in [5, 5.41) is 0. The van der Waals surface area contributed by atoms with Crippen molar-refractivity contribution in [3.8, 4) is 11.5 Å². The Hall–Kier alpha value is -6.60. The van der Waals surface area contributed by atoms with Crippen LogP contribution in [0.4, 0.5) is 64.1 Å². The Morgan fingerprint density at radius 1 is 0.436 bits per heavy atom. The van der Waals surface area contributed by atoms with E-state index in [4.69, 9.17) is 0 Å². The summed E-state index contributed by atoms with van der Waals surface area (Å²) >= 11 is 0. The van der Waals surface area contributed by atoms with Gasteiger partial charge in [-0.3, -0.25) is 19.2 Å². The van der Waals surface area contributed by atoms with Crippen LogP contribution >= 0.6 is 0 Å². The second-order valence-corrected chi connectivity index (χ2v) is 11.4. The predicted molar refractivity (Wildman–Crippen MR) is 163 cm³/mol. The number of carbonyl (C=O) groups excluding carboxylic acids is 4. The molecule has 2 aliphatic rings. The van der Waals surface area contributed by atoms with Gasteiger partial charge in [-0.05, 0) is 83.9 Å². The lowest BCUT2D eigenvalue weighted by atomic mass is 9.71. The summed E-state index contributed by atoms with van der Waals surface area (Å²) in [4.78, 5) is 53.8. The lowest BCUT2D eigenvalue weighted by Crippen LogP contribution is -2.55. The molecule has 8 nitrogen and oxygen atoms in total. The fourth-order valence-electron chi connectivity index (χ4n) is 6.01. The van der Waals surface area contributed by atoms with E-state index in [0.29, 0.717) is 34.1 Å². The van der Waals surface area contributed by atoms with Crippen molar-refractivity contribution >= 4 is 35.0 Å². The van der Waals surface area contributed by atoms with Gasteiger partial charge in [0, 0.05) is 0 Å². The molecule has 4 aromatic carbocycles. The van der Waals surface area contributed by atoms with Crippen molar-refractivity contribution in [2.24, 2.45) is 0 Å². The van der Waals surface area contributed by atoms with Gasteiger partial charge in [-0.1, -0.05) is 12.1 Å². The van der Waals surface area contributed by atoms with Crippen LogP contribution in [-0.2, 0) is 5.41 Å². The number of anilines is 2. The number of imide groups is 2. The van der Waals surface area contributed by atoms with Gasteiger partial charge in [-0.15, -0.1) is 0 Å². The van der Waals surface area contributed by atoms with E-state index in [1.807, 2.05) is 0 Å². The Labute approximate surface area is 298 Å². The third-order valence-electron chi connectivity index (χ3n) is 8.39. The van der Waals surface area contributed by atoms with Crippen molar-refractivity contribution in [1.29, 1.82) is 0 Å². The Kier molecular flexibility index (Phi) is 9.26. The zero-order chi connectivity index (χ0) is 40.4. The van der Waals surface area contributed by atoms with Gasteiger partial charge in [0.25, 0.3) is 23.6 Å². The Balaban J connectivity index is 1.40. The topological polar surface area (TPSA) is 93.2 Å². The quantitative estimate of drug-likeness (QED) is 0.100. The molecule has 4 aromatic rings. The highest BCUT2D eigenvalue weighted by Crippen LogP contribution is 2.57. The van der Waals surface area contributed by atoms with Crippen molar-refractivity contribution < 1.29 is 81.3 Å². The molecule has 0 spiro atoms. The molecule has 20 heteroatoms. The number of carbonyl (C=O) groups is 4. The molecule has 0 N–H and O–H groups in total. The summed E-state index contributed by atoms with van der Waals surface area (Å²) in [5.74, 6) is -6.27. The molecule has 0 bridgehead atoms. The molecule has 55 heavy (non-hydrogen) atoms. The Bertz CT molecular complexity index is 2180. The number of halogens is 12. The number of hydrogen-bond acceptors (Lipinski definition) is 6. The standard InChI is InChI=1S/C35H14F12N2O6/c36-25(37)27(40)54-19-7-3-17(4-8-19)48-29(50)21-11-1-15(13-23(21)31(48)52)33(34(42,43)44,35(45,46)47)16-2-12-22-24(14-16)32(53)49(30(22)51)18-5-9-20(10-6-18)55-28(41)26(38)39/h1-14H. The SMILES string of the molecule is O=C1c2ccc(C(c3ccc4c(c3)C(=O)N(c3ccc(OC(F)=C(F)F)cc3)C4=O)(C(F)(F)F)C(F)(F)F)cc2C(=O)N1c1ccc(OC(F)=C(F)F)cc1. The van der Waals surface area contributed by atoms with Crippen LogP contribution in [0.15, 0.2) is 109 Å². The fourth-order valence-corrected chi connectivity index (χ4v) is 6.01. The molecule has 4 amide bonds. The maximum absolute atomic E-state index is 15.1. The number of hydrogen-bond donors (Lipinski definition) is 0. The summed E-state index contributed by atoms with van der Waals surface area (Å²) < 4.78 is 175. The largest absolute Gasteiger partial charge is 0.428 e. The first-order chi connectivity index (χ1) is 25.7. The molecule has 0 unspecified atom stereocenters. The number of amides is 4. The number of ether oxygens (including phenoxy) is 2. The van der Waals surface area contributed by atoms with E-state index >= 15 is 26.3 Å². The van der Waals surface area contributed by atoms with Crippen molar-refractivity contribution in [3.05, 3.63) is 142 Å². The van der Waals surface area contributed by atoms with Gasteiger partial charge in [0.15, 0.2) is 0 Å². The highest BCUT2D eigenvalue weighted by molar-refractivity contribution is 6.35. The maximum Gasteiger partial charge on any atom is 0.411 e. The number of fused-ring (bicyclic) bond motifs is 2. The number of nitrogens with zero attached hydrogens (tertiary/aromatic N) is 2. The molecule has 0 saturated heterocycles. The lowest BCUT2D eigenvalue weighted by molar-refractivity contribution is -0.288. The summed E-state index contributed by atoms with van der Waals surface area (Å²) in [6, 6.07) is 4.50. The van der Waals surface area contributed by atoms with Crippen LogP contribution in [-0.4, -0.2) is 36.0 Å². The Morgan fingerprint density at radius 3 is 1.04 bits per heavy atom. The van der Waals surface area contributed by atoms with Gasteiger partial charge < -0.3 is 9.47 Å². The average molecular weight is 786 g/mol. The summed E-state index contributed by atoms with van der Waals surface area (Å²) in [7, 11) is 0.